The van der Waals surface area contributed by atoms with E-state index in [0.29, 0.717) is 12.1 Å². The van der Waals surface area contributed by atoms with E-state index >= 15 is 0 Å². The Hall–Kier alpha value is -1.55. The van der Waals surface area contributed by atoms with Crippen molar-refractivity contribution in [2.24, 2.45) is 0 Å². The van der Waals surface area contributed by atoms with Crippen molar-refractivity contribution in [1.82, 2.24) is 4.90 Å². The first-order chi connectivity index (χ1) is 7.72. The van der Waals surface area contributed by atoms with Crippen LogP contribution in [0.25, 0.3) is 0 Å². The van der Waals surface area contributed by atoms with Crippen molar-refractivity contribution in [3.8, 4) is 5.75 Å². The van der Waals surface area contributed by atoms with E-state index in [9.17, 15) is 4.79 Å². The van der Waals surface area contributed by atoms with Crippen molar-refractivity contribution in [2.45, 2.75) is 18.9 Å². The number of likely N-dealkylation sites (tertiary alicyclic amines) is 1. The largest absolute Gasteiger partial charge is 0.508 e. The van der Waals surface area contributed by atoms with Crippen molar-refractivity contribution < 1.29 is 15.0 Å². The van der Waals surface area contributed by atoms with Crippen LogP contribution in [-0.2, 0) is 0 Å². The van der Waals surface area contributed by atoms with Crippen molar-refractivity contribution in [3.63, 3.8) is 0 Å². The molecule has 0 bridgehead atoms. The molecular formula is C12H15NO3. The molecule has 1 amide bonds. The molecule has 1 aromatic rings. The molecule has 1 atom stereocenters. The van der Waals surface area contributed by atoms with E-state index < -0.39 is 0 Å². The highest BCUT2D eigenvalue weighted by molar-refractivity contribution is 5.94. The highest BCUT2D eigenvalue weighted by Gasteiger charge is 2.28. The molecule has 0 radical (unpaired) electrons. The summed E-state index contributed by atoms with van der Waals surface area (Å²) in [5.41, 5.74) is 0.554. The summed E-state index contributed by atoms with van der Waals surface area (Å²) in [7, 11) is 0. The molecule has 1 aromatic carbocycles. The number of phenols is 1. The van der Waals surface area contributed by atoms with Crippen molar-refractivity contribution in [1.29, 1.82) is 0 Å². The van der Waals surface area contributed by atoms with Gasteiger partial charge in [0.2, 0.25) is 0 Å². The molecule has 1 fully saturated rings. The third kappa shape index (κ3) is 2.02. The summed E-state index contributed by atoms with van der Waals surface area (Å²) in [6, 6.07) is 6.14. The van der Waals surface area contributed by atoms with Gasteiger partial charge in [0.15, 0.2) is 0 Å². The molecular weight excluding hydrogens is 206 g/mol. The van der Waals surface area contributed by atoms with Gasteiger partial charge in [-0.25, -0.2) is 0 Å². The molecule has 16 heavy (non-hydrogen) atoms. The van der Waals surface area contributed by atoms with Gasteiger partial charge in [-0.05, 0) is 37.1 Å². The van der Waals surface area contributed by atoms with Crippen LogP contribution in [0.4, 0.5) is 0 Å². The Morgan fingerprint density at radius 3 is 2.69 bits per heavy atom. The molecule has 4 nitrogen and oxygen atoms in total. The number of aromatic hydroxyl groups is 1. The van der Waals surface area contributed by atoms with Crippen LogP contribution in [-0.4, -0.2) is 40.2 Å². The summed E-state index contributed by atoms with van der Waals surface area (Å²) >= 11 is 0. The molecule has 0 spiro atoms. The van der Waals surface area contributed by atoms with E-state index in [1.807, 2.05) is 0 Å². The summed E-state index contributed by atoms with van der Waals surface area (Å²) in [4.78, 5) is 13.8. The first kappa shape index (κ1) is 11.0. The van der Waals surface area contributed by atoms with Gasteiger partial charge in [-0.3, -0.25) is 4.79 Å². The van der Waals surface area contributed by atoms with Crippen LogP contribution in [0.2, 0.25) is 0 Å². The van der Waals surface area contributed by atoms with Crippen LogP contribution >= 0.6 is 0 Å². The van der Waals surface area contributed by atoms with E-state index in [4.69, 9.17) is 10.2 Å². The molecule has 1 saturated heterocycles. The van der Waals surface area contributed by atoms with Crippen molar-refractivity contribution in [2.75, 3.05) is 13.2 Å². The van der Waals surface area contributed by atoms with Crippen LogP contribution in [0.3, 0.4) is 0 Å². The molecule has 0 saturated carbocycles. The number of hydrogen-bond donors (Lipinski definition) is 2. The molecule has 1 aliphatic heterocycles. The Bertz CT molecular complexity index is 374. The van der Waals surface area contributed by atoms with Gasteiger partial charge < -0.3 is 15.1 Å². The minimum atomic E-state index is -0.0726. The van der Waals surface area contributed by atoms with Gasteiger partial charge in [-0.2, -0.15) is 0 Å². The average molecular weight is 221 g/mol. The fourth-order valence-corrected chi connectivity index (χ4v) is 2.06. The van der Waals surface area contributed by atoms with Gasteiger partial charge in [0.25, 0.3) is 5.91 Å². The van der Waals surface area contributed by atoms with E-state index in [1.54, 1.807) is 17.0 Å². The number of hydrogen-bond acceptors (Lipinski definition) is 3. The van der Waals surface area contributed by atoms with Crippen LogP contribution in [0.15, 0.2) is 24.3 Å². The smallest absolute Gasteiger partial charge is 0.254 e. The Labute approximate surface area is 94.1 Å². The van der Waals surface area contributed by atoms with Gasteiger partial charge in [0.05, 0.1) is 12.6 Å². The number of nitrogens with zero attached hydrogens (tertiary/aromatic N) is 1. The molecule has 0 aromatic heterocycles. The first-order valence-corrected chi connectivity index (χ1v) is 5.43. The summed E-state index contributed by atoms with van der Waals surface area (Å²) in [5, 5.41) is 18.3. The predicted molar refractivity (Wildman–Crippen MR) is 59.3 cm³/mol. The number of phenolic OH excluding ortho intramolecular Hbond substituents is 1. The molecule has 1 heterocycles. The number of aliphatic hydroxyl groups is 1. The topological polar surface area (TPSA) is 60.8 Å². The second kappa shape index (κ2) is 4.53. The maximum absolute atomic E-state index is 12.1. The Kier molecular flexibility index (Phi) is 3.10. The lowest BCUT2D eigenvalue weighted by atomic mass is 10.1. The quantitative estimate of drug-likeness (QED) is 0.783. The molecule has 2 rings (SSSR count). The maximum Gasteiger partial charge on any atom is 0.254 e. The number of amides is 1. The fraction of sp³-hybridized carbons (Fsp3) is 0.417. The zero-order chi connectivity index (χ0) is 11.5. The lowest BCUT2D eigenvalue weighted by Gasteiger charge is -2.22. The number of carbonyl (C=O) groups excluding carboxylic acids is 1. The molecule has 86 valence electrons. The average Bonchev–Trinajstić information content (AvgIpc) is 2.77. The normalized spacial score (nSPS) is 20.1. The Morgan fingerprint density at radius 1 is 1.38 bits per heavy atom. The summed E-state index contributed by atoms with van der Waals surface area (Å²) in [6.45, 7) is 0.717. The molecule has 2 N–H and O–H groups in total. The van der Waals surface area contributed by atoms with Gasteiger partial charge in [-0.1, -0.05) is 0 Å². The number of aliphatic hydroxyl groups excluding tert-OH is 1. The number of rotatable bonds is 2. The second-order valence-electron chi connectivity index (χ2n) is 4.02. The van der Waals surface area contributed by atoms with Crippen LogP contribution < -0.4 is 0 Å². The first-order valence-electron chi connectivity index (χ1n) is 5.43. The van der Waals surface area contributed by atoms with Gasteiger partial charge in [0, 0.05) is 12.1 Å². The Morgan fingerprint density at radius 2 is 2.06 bits per heavy atom. The molecule has 1 unspecified atom stereocenters. The maximum atomic E-state index is 12.1. The molecule has 4 heteroatoms. The third-order valence-corrected chi connectivity index (χ3v) is 2.96. The van der Waals surface area contributed by atoms with E-state index in [0.717, 1.165) is 12.8 Å². The highest BCUT2D eigenvalue weighted by Crippen LogP contribution is 2.20. The van der Waals surface area contributed by atoms with Crippen molar-refractivity contribution in [3.05, 3.63) is 29.8 Å². The monoisotopic (exact) mass is 221 g/mol. The lowest BCUT2D eigenvalue weighted by Crippen LogP contribution is -2.37. The lowest BCUT2D eigenvalue weighted by molar-refractivity contribution is 0.0677. The van der Waals surface area contributed by atoms with E-state index in [2.05, 4.69) is 0 Å². The minimum absolute atomic E-state index is 0.0177. The molecule has 0 aliphatic carbocycles. The Balaban J connectivity index is 2.15. The fourth-order valence-electron chi connectivity index (χ4n) is 2.06. The predicted octanol–water partition coefficient (Wildman–Crippen LogP) is 0.989. The van der Waals surface area contributed by atoms with E-state index in [1.165, 1.54) is 12.1 Å². The third-order valence-electron chi connectivity index (χ3n) is 2.96. The highest BCUT2D eigenvalue weighted by atomic mass is 16.3. The standard InChI is InChI=1S/C12H15NO3/c14-8-10-2-1-7-13(10)12(16)9-3-5-11(15)6-4-9/h3-6,10,14-15H,1-2,7-8H2. The van der Waals surface area contributed by atoms with Crippen LogP contribution in [0.1, 0.15) is 23.2 Å². The molecule has 1 aliphatic rings. The summed E-state index contributed by atoms with van der Waals surface area (Å²) in [5.74, 6) is 0.0771. The summed E-state index contributed by atoms with van der Waals surface area (Å²) in [6.07, 6.45) is 1.80. The van der Waals surface area contributed by atoms with E-state index in [-0.39, 0.29) is 24.3 Å². The number of carbonyl (C=O) groups is 1. The summed E-state index contributed by atoms with van der Waals surface area (Å²) < 4.78 is 0. The zero-order valence-corrected chi connectivity index (χ0v) is 8.97. The number of benzene rings is 1. The van der Waals surface area contributed by atoms with Gasteiger partial charge >= 0.3 is 0 Å². The van der Waals surface area contributed by atoms with Crippen LogP contribution in [0, 0.1) is 0 Å². The van der Waals surface area contributed by atoms with Crippen LogP contribution in [0.5, 0.6) is 5.75 Å². The zero-order valence-electron chi connectivity index (χ0n) is 8.97. The second-order valence-corrected chi connectivity index (χ2v) is 4.02. The van der Waals surface area contributed by atoms with Gasteiger partial charge in [-0.15, -0.1) is 0 Å². The van der Waals surface area contributed by atoms with Crippen molar-refractivity contribution >= 4 is 5.91 Å². The van der Waals surface area contributed by atoms with Gasteiger partial charge in [0.1, 0.15) is 5.75 Å². The minimum Gasteiger partial charge on any atom is -0.508 e. The SMILES string of the molecule is O=C(c1ccc(O)cc1)N1CCCC1CO.